The summed E-state index contributed by atoms with van der Waals surface area (Å²) in [5.74, 6) is -1.53. The van der Waals surface area contributed by atoms with Gasteiger partial charge in [0, 0.05) is 19.8 Å². The highest BCUT2D eigenvalue weighted by atomic mass is 16.5. The van der Waals surface area contributed by atoms with Crippen LogP contribution in [-0.2, 0) is 30.3 Å². The molecule has 0 aliphatic heterocycles. The summed E-state index contributed by atoms with van der Waals surface area (Å²) in [6.07, 6.45) is 0.295. The Morgan fingerprint density at radius 1 is 1.08 bits per heavy atom. The van der Waals surface area contributed by atoms with Crippen molar-refractivity contribution in [2.75, 3.05) is 13.7 Å². The van der Waals surface area contributed by atoms with Gasteiger partial charge in [0.05, 0.1) is 20.1 Å². The van der Waals surface area contributed by atoms with Gasteiger partial charge in [-0.25, -0.2) is 0 Å². The molecule has 1 atom stereocenters. The van der Waals surface area contributed by atoms with Crippen LogP contribution in [0.4, 0.5) is 0 Å². The fourth-order valence-electron chi connectivity index (χ4n) is 2.05. The molecule has 0 saturated heterocycles. The van der Waals surface area contributed by atoms with Crippen molar-refractivity contribution in [3.05, 3.63) is 35.9 Å². The van der Waals surface area contributed by atoms with Crippen LogP contribution in [0.15, 0.2) is 30.3 Å². The molecule has 7 nitrogen and oxygen atoms in total. The van der Waals surface area contributed by atoms with Gasteiger partial charge < -0.3 is 15.4 Å². The van der Waals surface area contributed by atoms with Gasteiger partial charge in [0.25, 0.3) is 0 Å². The molecule has 0 unspecified atom stereocenters. The van der Waals surface area contributed by atoms with E-state index in [0.717, 1.165) is 5.56 Å². The molecule has 1 rings (SSSR count). The summed E-state index contributed by atoms with van der Waals surface area (Å²) >= 11 is 0. The smallest absolute Gasteiger partial charge is 0.305 e. The van der Waals surface area contributed by atoms with Crippen molar-refractivity contribution in [2.24, 2.45) is 0 Å². The molecule has 0 spiro atoms. The topological polar surface area (TPSA) is 102 Å². The monoisotopic (exact) mass is 334 g/mol. The first-order valence-corrected chi connectivity index (χ1v) is 7.59. The molecule has 0 aliphatic carbocycles. The molecular weight excluding hydrogens is 312 g/mol. The number of hydrogen-bond acceptors (Lipinski definition) is 5. The predicted molar refractivity (Wildman–Crippen MR) is 87.0 cm³/mol. The van der Waals surface area contributed by atoms with E-state index in [1.165, 1.54) is 14.0 Å². The number of ether oxygens (including phenoxy) is 1. The van der Waals surface area contributed by atoms with Crippen LogP contribution in [0.2, 0.25) is 0 Å². The first kappa shape index (κ1) is 19.3. The number of amides is 2. The predicted octanol–water partition coefficient (Wildman–Crippen LogP) is 0.372. The Hall–Kier alpha value is -2.70. The van der Waals surface area contributed by atoms with Gasteiger partial charge in [0.2, 0.25) is 11.8 Å². The van der Waals surface area contributed by atoms with E-state index >= 15 is 0 Å². The highest BCUT2D eigenvalue weighted by Gasteiger charge is 2.20. The standard InChI is InChI=1S/C17H22N2O5/c1-12(20)19-15(10-13-6-4-3-5-7-13)17(23)18-11-14(21)8-9-16(22)24-2/h3-7,15H,8-11H2,1-2H3,(H,18,23)(H,19,20)/t15-/m0/s1. The average molecular weight is 334 g/mol. The van der Waals surface area contributed by atoms with Gasteiger partial charge >= 0.3 is 5.97 Å². The zero-order valence-electron chi connectivity index (χ0n) is 13.8. The Balaban J connectivity index is 2.53. The third kappa shape index (κ3) is 7.53. The molecule has 0 aliphatic rings. The Morgan fingerprint density at radius 3 is 2.33 bits per heavy atom. The van der Waals surface area contributed by atoms with E-state index < -0.39 is 17.9 Å². The number of carbonyl (C=O) groups is 4. The van der Waals surface area contributed by atoms with E-state index in [2.05, 4.69) is 15.4 Å². The minimum absolute atomic E-state index is 0.00353. The first-order chi connectivity index (χ1) is 11.4. The van der Waals surface area contributed by atoms with Crippen LogP contribution in [0.25, 0.3) is 0 Å². The quantitative estimate of drug-likeness (QED) is 0.636. The highest BCUT2D eigenvalue weighted by Crippen LogP contribution is 2.04. The normalized spacial score (nSPS) is 11.2. The van der Waals surface area contributed by atoms with Crippen molar-refractivity contribution < 1.29 is 23.9 Å². The molecule has 0 radical (unpaired) electrons. The Kier molecular flexibility index (Phi) is 8.18. The van der Waals surface area contributed by atoms with E-state index in [-0.39, 0.29) is 31.1 Å². The molecule has 0 fully saturated rings. The summed E-state index contributed by atoms with van der Waals surface area (Å²) in [4.78, 5) is 46.1. The highest BCUT2D eigenvalue weighted by molar-refractivity contribution is 5.91. The summed E-state index contributed by atoms with van der Waals surface area (Å²) in [6.45, 7) is 1.13. The van der Waals surface area contributed by atoms with Crippen LogP contribution in [0.1, 0.15) is 25.3 Å². The van der Waals surface area contributed by atoms with E-state index in [4.69, 9.17) is 0 Å². The summed E-state index contributed by atoms with van der Waals surface area (Å²) in [5.41, 5.74) is 0.892. The van der Waals surface area contributed by atoms with Crippen LogP contribution >= 0.6 is 0 Å². The summed E-state index contributed by atoms with van der Waals surface area (Å²) < 4.78 is 4.45. The second-order valence-corrected chi connectivity index (χ2v) is 5.28. The van der Waals surface area contributed by atoms with Crippen molar-refractivity contribution in [3.8, 4) is 0 Å². The van der Waals surface area contributed by atoms with Gasteiger partial charge in [0.1, 0.15) is 6.04 Å². The summed E-state index contributed by atoms with van der Waals surface area (Å²) in [6, 6.07) is 8.48. The number of ketones is 1. The van der Waals surface area contributed by atoms with E-state index in [9.17, 15) is 19.2 Å². The zero-order chi connectivity index (χ0) is 17.9. The number of hydrogen-bond donors (Lipinski definition) is 2. The molecule has 24 heavy (non-hydrogen) atoms. The molecule has 2 N–H and O–H groups in total. The number of rotatable bonds is 9. The number of carbonyl (C=O) groups excluding carboxylic acids is 4. The number of esters is 1. The molecule has 1 aromatic rings. The van der Waals surface area contributed by atoms with Crippen LogP contribution < -0.4 is 10.6 Å². The number of methoxy groups -OCH3 is 1. The van der Waals surface area contributed by atoms with Gasteiger partial charge in [-0.2, -0.15) is 0 Å². The molecule has 0 saturated carbocycles. The zero-order valence-corrected chi connectivity index (χ0v) is 13.8. The first-order valence-electron chi connectivity index (χ1n) is 7.59. The maximum absolute atomic E-state index is 12.2. The summed E-state index contributed by atoms with van der Waals surface area (Å²) in [7, 11) is 1.25. The third-order valence-corrected chi connectivity index (χ3v) is 3.27. The Bertz CT molecular complexity index is 586. The van der Waals surface area contributed by atoms with E-state index in [1.54, 1.807) is 0 Å². The largest absolute Gasteiger partial charge is 0.469 e. The van der Waals surface area contributed by atoms with Gasteiger partial charge in [-0.3, -0.25) is 19.2 Å². The number of benzene rings is 1. The third-order valence-electron chi connectivity index (χ3n) is 3.27. The molecule has 0 heterocycles. The molecule has 1 aromatic carbocycles. The van der Waals surface area contributed by atoms with Crippen LogP contribution in [0.3, 0.4) is 0 Å². The van der Waals surface area contributed by atoms with Gasteiger partial charge in [-0.1, -0.05) is 30.3 Å². The summed E-state index contributed by atoms with van der Waals surface area (Å²) in [5, 5.41) is 5.07. The van der Waals surface area contributed by atoms with E-state index in [1.807, 2.05) is 30.3 Å². The van der Waals surface area contributed by atoms with Crippen molar-refractivity contribution in [3.63, 3.8) is 0 Å². The lowest BCUT2D eigenvalue weighted by molar-refractivity contribution is -0.141. The van der Waals surface area contributed by atoms with Crippen LogP contribution in [0, 0.1) is 0 Å². The Labute approximate surface area is 140 Å². The lowest BCUT2D eigenvalue weighted by Crippen LogP contribution is -2.48. The lowest BCUT2D eigenvalue weighted by Gasteiger charge is -2.17. The fraction of sp³-hybridized carbons (Fsp3) is 0.412. The van der Waals surface area contributed by atoms with Gasteiger partial charge in [-0.05, 0) is 5.56 Å². The Morgan fingerprint density at radius 2 is 1.75 bits per heavy atom. The van der Waals surface area contributed by atoms with Gasteiger partial charge in [-0.15, -0.1) is 0 Å². The van der Waals surface area contributed by atoms with Crippen LogP contribution in [-0.4, -0.2) is 43.3 Å². The molecule has 0 bridgehead atoms. The maximum atomic E-state index is 12.2. The minimum atomic E-state index is -0.765. The van der Waals surface area contributed by atoms with Crippen molar-refractivity contribution >= 4 is 23.6 Å². The number of nitrogens with one attached hydrogen (secondary N) is 2. The maximum Gasteiger partial charge on any atom is 0.305 e. The minimum Gasteiger partial charge on any atom is -0.469 e. The van der Waals surface area contributed by atoms with E-state index in [0.29, 0.717) is 6.42 Å². The average Bonchev–Trinajstić information content (AvgIpc) is 2.57. The van der Waals surface area contributed by atoms with Crippen molar-refractivity contribution in [1.82, 2.24) is 10.6 Å². The molecule has 0 aromatic heterocycles. The fourth-order valence-corrected chi connectivity index (χ4v) is 2.05. The lowest BCUT2D eigenvalue weighted by atomic mass is 10.1. The second kappa shape index (κ2) is 10.1. The number of Topliss-reactive ketones (excluding diaryl/α,β-unsaturated/α-hetero) is 1. The molecular formula is C17H22N2O5. The van der Waals surface area contributed by atoms with Crippen molar-refractivity contribution in [2.45, 2.75) is 32.2 Å². The second-order valence-electron chi connectivity index (χ2n) is 5.28. The molecule has 130 valence electrons. The van der Waals surface area contributed by atoms with Crippen LogP contribution in [0.5, 0.6) is 0 Å². The molecule has 2 amide bonds. The molecule has 7 heteroatoms. The van der Waals surface area contributed by atoms with Crippen molar-refractivity contribution in [1.29, 1.82) is 0 Å². The SMILES string of the molecule is COC(=O)CCC(=O)CNC(=O)[C@H](Cc1ccccc1)NC(C)=O. The van der Waals surface area contributed by atoms with Gasteiger partial charge in [0.15, 0.2) is 5.78 Å².